The standard InChI is InChI=1S/C20H25F5/c1-2-3-4-5-14-6-8-15(9-7-14)16-12-18(21)17(19(22)13-16)10-11-20(23,24)25/h10-15H,2-9H2,1H3/b11-10+. The highest BCUT2D eigenvalue weighted by Gasteiger charge is 2.25. The average molecular weight is 360 g/mol. The minimum atomic E-state index is -4.59. The lowest BCUT2D eigenvalue weighted by molar-refractivity contribution is -0.0790. The first-order valence-electron chi connectivity index (χ1n) is 9.05. The molecule has 0 bridgehead atoms. The molecule has 0 nitrogen and oxygen atoms in total. The molecule has 1 fully saturated rings. The van der Waals surface area contributed by atoms with Gasteiger partial charge in [-0.25, -0.2) is 8.78 Å². The Morgan fingerprint density at radius 3 is 2.12 bits per heavy atom. The van der Waals surface area contributed by atoms with Crippen LogP contribution >= 0.6 is 0 Å². The molecule has 1 saturated carbocycles. The van der Waals surface area contributed by atoms with Crippen LogP contribution in [-0.4, -0.2) is 6.18 Å². The van der Waals surface area contributed by atoms with Gasteiger partial charge in [0.2, 0.25) is 0 Å². The summed E-state index contributed by atoms with van der Waals surface area (Å²) in [4.78, 5) is 0. The quantitative estimate of drug-likeness (QED) is 0.366. The van der Waals surface area contributed by atoms with E-state index in [0.717, 1.165) is 25.7 Å². The Morgan fingerprint density at radius 1 is 1.00 bits per heavy atom. The van der Waals surface area contributed by atoms with Crippen molar-refractivity contribution in [2.45, 2.75) is 70.4 Å². The highest BCUT2D eigenvalue weighted by atomic mass is 19.4. The molecule has 2 rings (SSSR count). The number of hydrogen-bond donors (Lipinski definition) is 0. The number of alkyl halides is 3. The minimum absolute atomic E-state index is 0.0899. The van der Waals surface area contributed by atoms with Gasteiger partial charge in [-0.3, -0.25) is 0 Å². The number of benzene rings is 1. The third-order valence-corrected chi connectivity index (χ3v) is 5.07. The zero-order valence-electron chi connectivity index (χ0n) is 14.5. The zero-order chi connectivity index (χ0) is 18.4. The first kappa shape index (κ1) is 19.9. The third kappa shape index (κ3) is 6.12. The second-order valence-electron chi connectivity index (χ2n) is 6.99. The molecule has 0 radical (unpaired) electrons. The number of hydrogen-bond acceptors (Lipinski definition) is 0. The Balaban J connectivity index is 2.01. The van der Waals surface area contributed by atoms with E-state index in [4.69, 9.17) is 0 Å². The molecule has 0 N–H and O–H groups in total. The Bertz CT molecular complexity index is 557. The zero-order valence-corrected chi connectivity index (χ0v) is 14.5. The third-order valence-electron chi connectivity index (χ3n) is 5.07. The largest absolute Gasteiger partial charge is 0.409 e. The van der Waals surface area contributed by atoms with Gasteiger partial charge in [0.25, 0.3) is 0 Å². The normalized spacial score (nSPS) is 21.8. The maximum absolute atomic E-state index is 14.1. The van der Waals surface area contributed by atoms with E-state index in [1.54, 1.807) is 0 Å². The van der Waals surface area contributed by atoms with E-state index in [0.29, 0.717) is 17.6 Å². The summed E-state index contributed by atoms with van der Waals surface area (Å²) < 4.78 is 64.7. The summed E-state index contributed by atoms with van der Waals surface area (Å²) in [5, 5.41) is 0. The Kier molecular flexibility index (Phi) is 7.03. The van der Waals surface area contributed by atoms with Crippen molar-refractivity contribution in [1.82, 2.24) is 0 Å². The molecule has 0 atom stereocenters. The smallest absolute Gasteiger partial charge is 0.206 e. The van der Waals surface area contributed by atoms with Crippen molar-refractivity contribution in [3.63, 3.8) is 0 Å². The number of halogens is 5. The van der Waals surface area contributed by atoms with E-state index in [2.05, 4.69) is 6.92 Å². The van der Waals surface area contributed by atoms with Gasteiger partial charge in [-0.2, -0.15) is 13.2 Å². The molecule has 1 aromatic carbocycles. The van der Waals surface area contributed by atoms with Gasteiger partial charge in [-0.1, -0.05) is 32.6 Å². The Morgan fingerprint density at radius 2 is 1.60 bits per heavy atom. The molecule has 5 heteroatoms. The van der Waals surface area contributed by atoms with Gasteiger partial charge in [0.15, 0.2) is 0 Å². The molecule has 1 aliphatic carbocycles. The fraction of sp³-hybridized carbons (Fsp3) is 0.600. The molecule has 0 unspecified atom stereocenters. The van der Waals surface area contributed by atoms with Gasteiger partial charge in [0, 0.05) is 11.6 Å². The molecule has 140 valence electrons. The van der Waals surface area contributed by atoms with Crippen LogP contribution in [0.15, 0.2) is 18.2 Å². The van der Waals surface area contributed by atoms with Crippen LogP contribution in [0.25, 0.3) is 6.08 Å². The Labute approximate surface area is 146 Å². The van der Waals surface area contributed by atoms with E-state index in [9.17, 15) is 22.0 Å². The van der Waals surface area contributed by atoms with Crippen molar-refractivity contribution >= 4 is 6.08 Å². The van der Waals surface area contributed by atoms with Gasteiger partial charge < -0.3 is 0 Å². The van der Waals surface area contributed by atoms with Crippen molar-refractivity contribution in [3.05, 3.63) is 41.0 Å². The molecule has 0 amide bonds. The molecule has 0 aromatic heterocycles. The predicted octanol–water partition coefficient (Wildman–Crippen LogP) is 7.39. The van der Waals surface area contributed by atoms with Crippen molar-refractivity contribution < 1.29 is 22.0 Å². The summed E-state index contributed by atoms with van der Waals surface area (Å²) >= 11 is 0. The summed E-state index contributed by atoms with van der Waals surface area (Å²) in [5.74, 6) is -1.08. The summed E-state index contributed by atoms with van der Waals surface area (Å²) in [6.07, 6.45) is 4.47. The average Bonchev–Trinajstić information content (AvgIpc) is 2.54. The fourth-order valence-electron chi connectivity index (χ4n) is 3.64. The summed E-state index contributed by atoms with van der Waals surface area (Å²) in [6.45, 7) is 2.17. The maximum Gasteiger partial charge on any atom is 0.409 e. The van der Waals surface area contributed by atoms with Gasteiger partial charge >= 0.3 is 6.18 Å². The number of unbranched alkanes of at least 4 members (excludes halogenated alkanes) is 2. The molecule has 0 heterocycles. The molecule has 1 aliphatic rings. The lowest BCUT2D eigenvalue weighted by Gasteiger charge is -2.29. The van der Waals surface area contributed by atoms with Crippen LogP contribution < -0.4 is 0 Å². The molecular weight excluding hydrogens is 335 g/mol. The van der Waals surface area contributed by atoms with Crippen LogP contribution in [0.2, 0.25) is 0 Å². The van der Waals surface area contributed by atoms with Gasteiger partial charge in [-0.15, -0.1) is 0 Å². The van der Waals surface area contributed by atoms with Crippen LogP contribution in [-0.2, 0) is 0 Å². The highest BCUT2D eigenvalue weighted by Crippen LogP contribution is 2.38. The van der Waals surface area contributed by atoms with E-state index < -0.39 is 23.4 Å². The first-order chi connectivity index (χ1) is 11.8. The van der Waals surface area contributed by atoms with E-state index >= 15 is 0 Å². The van der Waals surface area contributed by atoms with Gasteiger partial charge in [-0.05, 0) is 61.3 Å². The number of rotatable bonds is 6. The molecule has 0 spiro atoms. The topological polar surface area (TPSA) is 0 Å². The molecule has 0 aliphatic heterocycles. The van der Waals surface area contributed by atoms with E-state index in [1.165, 1.54) is 37.8 Å². The highest BCUT2D eigenvalue weighted by molar-refractivity contribution is 5.52. The lowest BCUT2D eigenvalue weighted by Crippen LogP contribution is -2.14. The summed E-state index contributed by atoms with van der Waals surface area (Å²) in [7, 11) is 0. The maximum atomic E-state index is 14.1. The second-order valence-corrected chi connectivity index (χ2v) is 6.99. The van der Waals surface area contributed by atoms with Crippen molar-refractivity contribution in [2.24, 2.45) is 5.92 Å². The Hall–Kier alpha value is -1.39. The number of allylic oxidation sites excluding steroid dienone is 1. The summed E-state index contributed by atoms with van der Waals surface area (Å²) in [6, 6.07) is 2.39. The first-order valence-corrected chi connectivity index (χ1v) is 9.05. The van der Waals surface area contributed by atoms with E-state index in [-0.39, 0.29) is 12.0 Å². The molecular formula is C20H25F5. The van der Waals surface area contributed by atoms with E-state index in [1.807, 2.05) is 0 Å². The van der Waals surface area contributed by atoms with Gasteiger partial charge in [0.05, 0.1) is 0 Å². The fourth-order valence-corrected chi connectivity index (χ4v) is 3.64. The van der Waals surface area contributed by atoms with Gasteiger partial charge in [0.1, 0.15) is 11.6 Å². The summed E-state index contributed by atoms with van der Waals surface area (Å²) in [5.41, 5.74) is -0.0690. The molecule has 25 heavy (non-hydrogen) atoms. The predicted molar refractivity (Wildman–Crippen MR) is 90.3 cm³/mol. The van der Waals surface area contributed by atoms with Crippen molar-refractivity contribution in [2.75, 3.05) is 0 Å². The second kappa shape index (κ2) is 8.81. The monoisotopic (exact) mass is 360 g/mol. The molecule has 1 aromatic rings. The van der Waals surface area contributed by atoms with Crippen LogP contribution in [0, 0.1) is 17.6 Å². The SMILES string of the molecule is CCCCCC1CCC(c2cc(F)c(/C=C/C(F)(F)F)c(F)c2)CC1. The van der Waals surface area contributed by atoms with Crippen molar-refractivity contribution in [3.8, 4) is 0 Å². The lowest BCUT2D eigenvalue weighted by atomic mass is 9.77. The molecule has 0 saturated heterocycles. The van der Waals surface area contributed by atoms with Crippen LogP contribution in [0.4, 0.5) is 22.0 Å². The van der Waals surface area contributed by atoms with Crippen molar-refractivity contribution in [1.29, 1.82) is 0 Å². The minimum Gasteiger partial charge on any atom is -0.206 e. The van der Waals surface area contributed by atoms with Crippen LogP contribution in [0.3, 0.4) is 0 Å². The van der Waals surface area contributed by atoms with Crippen LogP contribution in [0.5, 0.6) is 0 Å². The van der Waals surface area contributed by atoms with Crippen LogP contribution in [0.1, 0.15) is 75.3 Å².